The minimum absolute atomic E-state index is 0.179. The summed E-state index contributed by atoms with van der Waals surface area (Å²) in [5.41, 5.74) is -0.880. The van der Waals surface area contributed by atoms with Crippen molar-refractivity contribution in [2.45, 2.75) is 45.4 Å². The number of carbonyl (C=O) groups is 1. The molecule has 10 heteroatoms. The molecule has 0 N–H and O–H groups in total. The van der Waals surface area contributed by atoms with Crippen LogP contribution in [0.5, 0.6) is 0 Å². The fraction of sp³-hybridized carbons (Fsp3) is 0.318. The van der Waals surface area contributed by atoms with Gasteiger partial charge < -0.3 is 9.42 Å². The lowest BCUT2D eigenvalue weighted by Crippen LogP contribution is -2.49. The highest BCUT2D eigenvalue weighted by Gasteiger charge is 2.56. The molecular weight excluding hydrogens is 455 g/mol. The molecule has 4 rings (SSSR count). The predicted octanol–water partition coefficient (Wildman–Crippen LogP) is 4.53. The molecule has 1 fully saturated rings. The van der Waals surface area contributed by atoms with Crippen molar-refractivity contribution in [3.8, 4) is 5.69 Å². The summed E-state index contributed by atoms with van der Waals surface area (Å²) in [5, 5.41) is 0.796. The second-order valence-corrected chi connectivity index (χ2v) is 9.28. The van der Waals surface area contributed by atoms with Gasteiger partial charge in [0.05, 0.1) is 11.2 Å². The van der Waals surface area contributed by atoms with Crippen LogP contribution in [0.25, 0.3) is 5.69 Å². The lowest BCUT2D eigenvalue weighted by atomic mass is 9.99. The van der Waals surface area contributed by atoms with Crippen molar-refractivity contribution in [2.75, 3.05) is 4.90 Å². The summed E-state index contributed by atoms with van der Waals surface area (Å²) in [7, 11) is 0. The summed E-state index contributed by atoms with van der Waals surface area (Å²) in [6, 6.07) is 12.6. The third-order valence-electron chi connectivity index (χ3n) is 5.54. The van der Waals surface area contributed by atoms with E-state index in [0.717, 1.165) is 9.31 Å². The quantitative estimate of drug-likeness (QED) is 0.553. The first-order chi connectivity index (χ1) is 15.0. The zero-order chi connectivity index (χ0) is 23.4. The highest BCUT2D eigenvalue weighted by molar-refractivity contribution is 6.31. The smallest absolute Gasteiger partial charge is 0.314 e. The molecule has 3 aromatic rings. The van der Waals surface area contributed by atoms with Crippen molar-refractivity contribution in [2.24, 2.45) is 0 Å². The Labute approximate surface area is 194 Å². The van der Waals surface area contributed by atoms with E-state index in [-0.39, 0.29) is 17.8 Å². The predicted molar refractivity (Wildman–Crippen MR) is 123 cm³/mol. The van der Waals surface area contributed by atoms with Crippen LogP contribution in [0.15, 0.2) is 62.6 Å². The van der Waals surface area contributed by atoms with Crippen LogP contribution < -0.4 is 16.3 Å². The average Bonchev–Trinajstić information content (AvgIpc) is 3.09. The standard InChI is InChI=1S/C22H22Cl2N4O4/c1-13(2)27-19(29)25(16-9-5-7-14(23)11-16)18(22(27,3)4)28-20(30)26(21(31)32-28)17-10-6-8-15(24)12-17/h5-13,18H,1-4H3/t18-/m0/s1. The second-order valence-electron chi connectivity index (χ2n) is 8.40. The number of aromatic nitrogens is 2. The number of urea groups is 1. The van der Waals surface area contributed by atoms with E-state index >= 15 is 0 Å². The number of hydrogen-bond donors (Lipinski definition) is 0. The van der Waals surface area contributed by atoms with Gasteiger partial charge in [-0.15, -0.1) is 4.74 Å². The summed E-state index contributed by atoms with van der Waals surface area (Å²) >= 11 is 12.2. The van der Waals surface area contributed by atoms with Gasteiger partial charge in [-0.3, -0.25) is 4.90 Å². The summed E-state index contributed by atoms with van der Waals surface area (Å²) < 4.78 is 7.27. The molecule has 168 valence electrons. The van der Waals surface area contributed by atoms with E-state index < -0.39 is 23.2 Å². The maximum absolute atomic E-state index is 13.5. The maximum atomic E-state index is 13.5. The number of rotatable bonds is 4. The average molecular weight is 477 g/mol. The molecule has 2 amide bonds. The molecule has 2 heterocycles. The van der Waals surface area contributed by atoms with Gasteiger partial charge in [0, 0.05) is 21.8 Å². The van der Waals surface area contributed by atoms with E-state index in [1.807, 2.05) is 27.7 Å². The maximum Gasteiger partial charge on any atom is 0.447 e. The minimum atomic E-state index is -0.948. The van der Waals surface area contributed by atoms with Crippen molar-refractivity contribution in [3.05, 3.63) is 79.6 Å². The number of anilines is 1. The van der Waals surface area contributed by atoms with Crippen LogP contribution in [0, 0.1) is 0 Å². The Morgan fingerprint density at radius 2 is 1.50 bits per heavy atom. The Balaban J connectivity index is 1.96. The highest BCUT2D eigenvalue weighted by Crippen LogP contribution is 2.43. The zero-order valence-electron chi connectivity index (χ0n) is 18.0. The van der Waals surface area contributed by atoms with E-state index in [2.05, 4.69) is 0 Å². The van der Waals surface area contributed by atoms with Gasteiger partial charge in [0.15, 0.2) is 6.17 Å². The number of amides is 2. The van der Waals surface area contributed by atoms with Gasteiger partial charge in [0.1, 0.15) is 0 Å². The van der Waals surface area contributed by atoms with Gasteiger partial charge in [0.2, 0.25) is 0 Å². The Kier molecular flexibility index (Phi) is 5.46. The van der Waals surface area contributed by atoms with Crippen LogP contribution in [0.3, 0.4) is 0 Å². The third-order valence-corrected chi connectivity index (χ3v) is 6.01. The molecule has 0 aliphatic carbocycles. The molecule has 0 saturated carbocycles. The monoisotopic (exact) mass is 476 g/mol. The van der Waals surface area contributed by atoms with Crippen LogP contribution in [0.1, 0.15) is 33.9 Å². The van der Waals surface area contributed by atoms with Crippen molar-refractivity contribution >= 4 is 34.9 Å². The molecule has 2 aromatic carbocycles. The van der Waals surface area contributed by atoms with E-state index in [1.54, 1.807) is 47.4 Å². The Hall–Kier alpha value is -2.97. The van der Waals surface area contributed by atoms with Crippen molar-refractivity contribution < 1.29 is 9.32 Å². The van der Waals surface area contributed by atoms with Crippen LogP contribution >= 0.6 is 23.2 Å². The van der Waals surface area contributed by atoms with Crippen LogP contribution in [-0.2, 0) is 0 Å². The molecule has 0 bridgehead atoms. The Morgan fingerprint density at radius 1 is 0.938 bits per heavy atom. The van der Waals surface area contributed by atoms with Crippen LogP contribution in [0.2, 0.25) is 10.0 Å². The number of halogens is 2. The molecule has 0 spiro atoms. The minimum Gasteiger partial charge on any atom is -0.314 e. The molecule has 8 nitrogen and oxygen atoms in total. The molecule has 1 aliphatic rings. The second kappa shape index (κ2) is 7.86. The molecule has 1 saturated heterocycles. The fourth-order valence-corrected chi connectivity index (χ4v) is 4.76. The number of carbonyl (C=O) groups excluding carboxylic acids is 1. The van der Waals surface area contributed by atoms with Gasteiger partial charge in [-0.2, -0.15) is 4.57 Å². The van der Waals surface area contributed by atoms with Gasteiger partial charge >= 0.3 is 17.5 Å². The van der Waals surface area contributed by atoms with E-state index in [9.17, 15) is 14.4 Å². The summed E-state index contributed by atoms with van der Waals surface area (Å²) in [5.74, 6) is -0.880. The van der Waals surface area contributed by atoms with E-state index in [4.69, 9.17) is 27.7 Å². The zero-order valence-corrected chi connectivity index (χ0v) is 19.5. The Bertz CT molecular complexity index is 1310. The third kappa shape index (κ3) is 3.43. The highest BCUT2D eigenvalue weighted by atomic mass is 35.5. The van der Waals surface area contributed by atoms with Crippen LogP contribution in [0.4, 0.5) is 10.5 Å². The van der Waals surface area contributed by atoms with Gasteiger partial charge in [0.25, 0.3) is 0 Å². The largest absolute Gasteiger partial charge is 0.447 e. The lowest BCUT2D eigenvalue weighted by Gasteiger charge is -2.36. The van der Waals surface area contributed by atoms with Gasteiger partial charge in [-0.1, -0.05) is 35.3 Å². The molecule has 1 aliphatic heterocycles. The first kappa shape index (κ1) is 22.2. The van der Waals surface area contributed by atoms with E-state index in [0.29, 0.717) is 15.7 Å². The molecule has 0 unspecified atom stereocenters. The molecule has 32 heavy (non-hydrogen) atoms. The van der Waals surface area contributed by atoms with Gasteiger partial charge in [-0.05, 0) is 64.1 Å². The number of nitrogens with zero attached hydrogens (tertiary/aromatic N) is 4. The Morgan fingerprint density at radius 3 is 2.06 bits per heavy atom. The molecule has 1 atom stereocenters. The normalized spacial score (nSPS) is 18.1. The van der Waals surface area contributed by atoms with Crippen molar-refractivity contribution in [3.63, 3.8) is 0 Å². The van der Waals surface area contributed by atoms with Crippen molar-refractivity contribution in [1.82, 2.24) is 14.2 Å². The first-order valence-electron chi connectivity index (χ1n) is 10.0. The van der Waals surface area contributed by atoms with Crippen LogP contribution in [-0.4, -0.2) is 31.8 Å². The van der Waals surface area contributed by atoms with Crippen molar-refractivity contribution in [1.29, 1.82) is 0 Å². The SMILES string of the molecule is CC(C)N1C(=O)N(c2cccc(Cl)c2)[C@@H](n2oc(=O)n(-c3cccc(Cl)c3)c2=O)C1(C)C. The number of benzene rings is 2. The number of hydrogen-bond acceptors (Lipinski definition) is 4. The van der Waals surface area contributed by atoms with Gasteiger partial charge in [-0.25, -0.2) is 14.4 Å². The summed E-state index contributed by atoms with van der Waals surface area (Å²) in [6.45, 7) is 7.41. The van der Waals surface area contributed by atoms with E-state index in [1.165, 1.54) is 11.0 Å². The lowest BCUT2D eigenvalue weighted by molar-refractivity contribution is 0.0809. The molecule has 0 radical (unpaired) electrons. The summed E-state index contributed by atoms with van der Waals surface area (Å²) in [4.78, 5) is 42.7. The summed E-state index contributed by atoms with van der Waals surface area (Å²) in [6.07, 6.45) is -0.948. The first-order valence-corrected chi connectivity index (χ1v) is 10.8. The topological polar surface area (TPSA) is 80.7 Å². The molecule has 1 aromatic heterocycles. The fourth-order valence-electron chi connectivity index (χ4n) is 4.39. The molecular formula is C22H22Cl2N4O4.